The highest BCUT2D eigenvalue weighted by Crippen LogP contribution is 2.46. The lowest BCUT2D eigenvalue weighted by Crippen LogP contribution is -2.59. The first kappa shape index (κ1) is 25.2. The molecule has 2 saturated heterocycles. The van der Waals surface area contributed by atoms with Crippen molar-refractivity contribution in [1.29, 1.82) is 5.41 Å². The van der Waals surface area contributed by atoms with E-state index in [1.165, 1.54) is 11.3 Å². The number of hydrogen-bond acceptors (Lipinski definition) is 5. The van der Waals surface area contributed by atoms with Crippen molar-refractivity contribution >= 4 is 23.7 Å². The predicted molar refractivity (Wildman–Crippen MR) is 133 cm³/mol. The maximum absolute atomic E-state index is 13.7. The van der Waals surface area contributed by atoms with Crippen LogP contribution in [0.2, 0.25) is 0 Å². The van der Waals surface area contributed by atoms with Gasteiger partial charge in [-0.1, -0.05) is 49.6 Å². The van der Waals surface area contributed by atoms with E-state index in [0.717, 1.165) is 37.7 Å². The molecule has 0 radical (unpaired) electrons. The number of primary amides is 1. The number of benzene rings is 1. The van der Waals surface area contributed by atoms with Crippen LogP contribution in [0.4, 0.5) is 0 Å². The van der Waals surface area contributed by atoms with E-state index in [1.54, 1.807) is 0 Å². The number of likely N-dealkylation sites (tertiary alicyclic amines) is 1. The number of imide groups is 1. The molecule has 0 bridgehead atoms. The number of nitrogens with one attached hydrogen (secondary N) is 3. The molecule has 3 aliphatic rings. The molecule has 1 aromatic rings. The third kappa shape index (κ3) is 5.19. The lowest BCUT2D eigenvalue weighted by atomic mass is 9.76. The molecule has 4 unspecified atom stereocenters. The van der Waals surface area contributed by atoms with Gasteiger partial charge in [0.25, 0.3) is 0 Å². The molecule has 1 aromatic carbocycles. The Labute approximate surface area is 206 Å². The zero-order valence-corrected chi connectivity index (χ0v) is 20.3. The van der Waals surface area contributed by atoms with E-state index in [1.807, 2.05) is 30.3 Å². The van der Waals surface area contributed by atoms with Crippen LogP contribution in [0.15, 0.2) is 30.3 Å². The Hall–Kier alpha value is -2.94. The summed E-state index contributed by atoms with van der Waals surface area (Å²) in [5, 5.41) is 13.5. The fourth-order valence-corrected chi connectivity index (χ4v) is 6.38. The summed E-state index contributed by atoms with van der Waals surface area (Å²) in [5.74, 6) is -2.24. The number of guanidine groups is 1. The molecule has 190 valence electrons. The van der Waals surface area contributed by atoms with E-state index >= 15 is 0 Å². The fourth-order valence-electron chi connectivity index (χ4n) is 6.38. The first-order valence-corrected chi connectivity index (χ1v) is 12.9. The standard InChI is InChI=1S/C26H38N6O3/c27-24(35)26(14-7-15-30-25(28)29)21-20(19(31-26)13-12-17-8-3-1-4-9-17)22(33)32(23(21)34)16-18-10-5-2-6-11-18/h1,3-4,8-9,18-21,31H,2,5-7,10-16H2,(H2,27,35)(H4,28,29,30). The van der Waals surface area contributed by atoms with Crippen molar-refractivity contribution in [2.75, 3.05) is 13.1 Å². The second kappa shape index (κ2) is 10.8. The van der Waals surface area contributed by atoms with Crippen molar-refractivity contribution in [3.8, 4) is 0 Å². The van der Waals surface area contributed by atoms with Gasteiger partial charge in [0.2, 0.25) is 17.7 Å². The summed E-state index contributed by atoms with van der Waals surface area (Å²) in [5.41, 5.74) is 11.2. The molecule has 3 amide bonds. The Kier molecular flexibility index (Phi) is 7.74. The number of fused-ring (bicyclic) bond motifs is 1. The van der Waals surface area contributed by atoms with Gasteiger partial charge in [-0.2, -0.15) is 0 Å². The molecular formula is C26H38N6O3. The molecule has 9 nitrogen and oxygen atoms in total. The number of carbonyl (C=O) groups excluding carboxylic acids is 3. The zero-order valence-electron chi connectivity index (χ0n) is 20.3. The molecule has 4 rings (SSSR count). The second-order valence-electron chi connectivity index (χ2n) is 10.3. The normalized spacial score (nSPS) is 28.8. The van der Waals surface area contributed by atoms with Gasteiger partial charge in [-0.3, -0.25) is 30.0 Å². The molecule has 2 heterocycles. The largest absolute Gasteiger partial charge is 0.370 e. The molecule has 4 atom stereocenters. The molecule has 7 N–H and O–H groups in total. The van der Waals surface area contributed by atoms with E-state index in [4.69, 9.17) is 16.9 Å². The van der Waals surface area contributed by atoms with Crippen LogP contribution in [0.5, 0.6) is 0 Å². The molecule has 0 spiro atoms. The Bertz CT molecular complexity index is 948. The molecule has 9 heteroatoms. The summed E-state index contributed by atoms with van der Waals surface area (Å²) in [6.45, 7) is 0.822. The lowest BCUT2D eigenvalue weighted by molar-refractivity contribution is -0.144. The zero-order chi connectivity index (χ0) is 25.0. The SMILES string of the molecule is N=C(N)NCCCC1(C(N)=O)NC(CCc2ccccc2)C2C(=O)N(CC3CCCCC3)C(=O)C21. The smallest absolute Gasteiger partial charge is 0.238 e. The number of hydrogen-bond donors (Lipinski definition) is 5. The molecule has 0 aromatic heterocycles. The van der Waals surface area contributed by atoms with Crippen LogP contribution < -0.4 is 22.1 Å². The van der Waals surface area contributed by atoms with Gasteiger partial charge in [-0.15, -0.1) is 0 Å². The predicted octanol–water partition coefficient (Wildman–Crippen LogP) is 1.26. The third-order valence-corrected chi connectivity index (χ3v) is 8.11. The van der Waals surface area contributed by atoms with Gasteiger partial charge >= 0.3 is 0 Å². The summed E-state index contributed by atoms with van der Waals surface area (Å²) in [6, 6.07) is 9.68. The van der Waals surface area contributed by atoms with E-state index in [2.05, 4.69) is 10.6 Å². The number of amides is 3. The highest BCUT2D eigenvalue weighted by Gasteiger charge is 2.66. The van der Waals surface area contributed by atoms with Crippen molar-refractivity contribution in [3.05, 3.63) is 35.9 Å². The van der Waals surface area contributed by atoms with E-state index in [0.29, 0.717) is 38.3 Å². The minimum Gasteiger partial charge on any atom is -0.370 e. The van der Waals surface area contributed by atoms with Gasteiger partial charge in [0.05, 0.1) is 11.8 Å². The Morgan fingerprint density at radius 2 is 1.83 bits per heavy atom. The summed E-state index contributed by atoms with van der Waals surface area (Å²) < 4.78 is 0. The number of nitrogens with zero attached hydrogens (tertiary/aromatic N) is 1. The minimum atomic E-state index is -1.29. The van der Waals surface area contributed by atoms with Crippen molar-refractivity contribution in [1.82, 2.24) is 15.5 Å². The van der Waals surface area contributed by atoms with Crippen molar-refractivity contribution in [2.24, 2.45) is 29.2 Å². The molecular weight excluding hydrogens is 444 g/mol. The van der Waals surface area contributed by atoms with Gasteiger partial charge in [0, 0.05) is 19.1 Å². The quantitative estimate of drug-likeness (QED) is 0.146. The Morgan fingerprint density at radius 1 is 1.11 bits per heavy atom. The van der Waals surface area contributed by atoms with Gasteiger partial charge in [0.1, 0.15) is 5.54 Å². The topological polar surface area (TPSA) is 154 Å². The Morgan fingerprint density at radius 3 is 2.49 bits per heavy atom. The van der Waals surface area contributed by atoms with Crippen LogP contribution in [-0.2, 0) is 20.8 Å². The monoisotopic (exact) mass is 482 g/mol. The van der Waals surface area contributed by atoms with E-state index in [-0.39, 0.29) is 23.8 Å². The third-order valence-electron chi connectivity index (χ3n) is 8.11. The van der Waals surface area contributed by atoms with Crippen molar-refractivity contribution < 1.29 is 14.4 Å². The summed E-state index contributed by atoms with van der Waals surface area (Å²) in [4.78, 5) is 41.8. The average Bonchev–Trinajstić information content (AvgIpc) is 3.31. The fraction of sp³-hybridized carbons (Fsp3) is 0.615. The Balaban J connectivity index is 1.58. The molecule has 1 aliphatic carbocycles. The first-order chi connectivity index (χ1) is 16.8. The van der Waals surface area contributed by atoms with Gasteiger partial charge < -0.3 is 16.8 Å². The van der Waals surface area contributed by atoms with E-state index in [9.17, 15) is 14.4 Å². The number of aryl methyl sites for hydroxylation is 1. The van der Waals surface area contributed by atoms with Crippen LogP contribution in [0.1, 0.15) is 56.9 Å². The molecule has 35 heavy (non-hydrogen) atoms. The maximum atomic E-state index is 13.7. The lowest BCUT2D eigenvalue weighted by Gasteiger charge is -2.33. The summed E-state index contributed by atoms with van der Waals surface area (Å²) >= 11 is 0. The number of rotatable bonds is 10. The van der Waals surface area contributed by atoms with Crippen LogP contribution in [-0.4, -0.2) is 53.3 Å². The maximum Gasteiger partial charge on any atom is 0.238 e. The highest BCUT2D eigenvalue weighted by molar-refractivity contribution is 6.10. The van der Waals surface area contributed by atoms with Crippen LogP contribution in [0, 0.1) is 23.2 Å². The van der Waals surface area contributed by atoms with Gasteiger partial charge in [-0.25, -0.2) is 0 Å². The number of nitrogens with two attached hydrogens (primary N) is 2. The van der Waals surface area contributed by atoms with Crippen LogP contribution in [0.25, 0.3) is 0 Å². The van der Waals surface area contributed by atoms with Crippen molar-refractivity contribution in [3.63, 3.8) is 0 Å². The molecule has 1 saturated carbocycles. The van der Waals surface area contributed by atoms with E-state index < -0.39 is 23.3 Å². The molecule has 2 aliphatic heterocycles. The highest BCUT2D eigenvalue weighted by atomic mass is 16.2. The minimum absolute atomic E-state index is 0.151. The average molecular weight is 483 g/mol. The van der Waals surface area contributed by atoms with Gasteiger partial charge in [-0.05, 0) is 50.0 Å². The number of carbonyl (C=O) groups is 3. The summed E-state index contributed by atoms with van der Waals surface area (Å²) in [7, 11) is 0. The second-order valence-corrected chi connectivity index (χ2v) is 10.3. The van der Waals surface area contributed by atoms with Crippen LogP contribution >= 0.6 is 0 Å². The summed E-state index contributed by atoms with van der Waals surface area (Å²) in [6.07, 6.45) is 7.64. The molecule has 3 fully saturated rings. The van der Waals surface area contributed by atoms with Crippen LogP contribution in [0.3, 0.4) is 0 Å². The first-order valence-electron chi connectivity index (χ1n) is 12.9. The van der Waals surface area contributed by atoms with Gasteiger partial charge in [0.15, 0.2) is 5.96 Å². The van der Waals surface area contributed by atoms with Crippen molar-refractivity contribution in [2.45, 2.75) is 69.4 Å².